The highest BCUT2D eigenvalue weighted by molar-refractivity contribution is 8.14. The summed E-state index contributed by atoms with van der Waals surface area (Å²) in [5.41, 5.74) is 4.84. The average Bonchev–Trinajstić information content (AvgIpc) is 3.64. The molecule has 3 rings (SSSR count). The zero-order valence-electron chi connectivity index (χ0n) is 29.2. The monoisotopic (exact) mass is 849 g/mol. The van der Waals surface area contributed by atoms with Crippen LogP contribution in [0.3, 0.4) is 0 Å². The number of ether oxygens (including phenoxy) is 1. The zero-order chi connectivity index (χ0) is 40.6. The number of hydrogen-bond donors (Lipinski definition) is 9. The molecule has 7 atom stereocenters. The van der Waals surface area contributed by atoms with Crippen LogP contribution in [0.4, 0.5) is 5.82 Å². The topological polar surface area (TPSA) is 364 Å². The maximum atomic E-state index is 12.7. The third-order valence-electron chi connectivity index (χ3n) is 7.49. The maximum absolute atomic E-state index is 12.7. The predicted octanol–water partition coefficient (Wildman–Crippen LogP) is -0.369. The SMILES string of the molecule is C/C=C(/C)C(=O)SCCNC(=O)CCNC(=O)[C@H](O)C(C)(C)COP(=O)(O)OP(=O)(O)OC[C@H]1O[C@@H](n2cnc3c(N)ncnc32)[C@@H](O)C1OP(=O)(O)O. The smallest absolute Gasteiger partial charge is 0.386 e. The van der Waals surface area contributed by atoms with Gasteiger partial charge in [0.1, 0.15) is 36.3 Å². The van der Waals surface area contributed by atoms with Crippen molar-refractivity contribution in [2.24, 2.45) is 5.41 Å². The first kappa shape index (κ1) is 45.7. The molecule has 0 saturated carbocycles. The van der Waals surface area contributed by atoms with Gasteiger partial charge in [0, 0.05) is 30.7 Å². The van der Waals surface area contributed by atoms with Gasteiger partial charge in [0.25, 0.3) is 0 Å². The number of aromatic nitrogens is 4. The number of hydrogen-bond acceptors (Lipinski definition) is 18. The number of carbonyl (C=O) groups excluding carboxylic acids is 3. The number of nitrogens with zero attached hydrogens (tertiary/aromatic N) is 4. The van der Waals surface area contributed by atoms with Crippen LogP contribution >= 0.6 is 35.2 Å². The van der Waals surface area contributed by atoms with Crippen LogP contribution in [0.15, 0.2) is 24.3 Å². The Balaban J connectivity index is 1.51. The van der Waals surface area contributed by atoms with Crippen LogP contribution < -0.4 is 16.4 Å². The molecule has 304 valence electrons. The highest BCUT2D eigenvalue weighted by Crippen LogP contribution is 2.61. The summed E-state index contributed by atoms with van der Waals surface area (Å²) in [6, 6.07) is 0. The number of allylic oxidation sites excluding steroid dienone is 1. The minimum atomic E-state index is -5.57. The van der Waals surface area contributed by atoms with Gasteiger partial charge in [0.2, 0.25) is 16.9 Å². The Kier molecular flexibility index (Phi) is 16.0. The molecule has 54 heavy (non-hydrogen) atoms. The molecule has 0 aliphatic carbocycles. The summed E-state index contributed by atoms with van der Waals surface area (Å²) in [5, 5.41) is 26.2. The standard InChI is InChI=1S/C26H42N7O17P3S/c1-5-14(2)25(38)54-9-8-28-16(34)6-7-29-23(37)20(36)26(3,4)11-47-53(44,45)50-52(42,43)46-10-15-19(49-51(39,40)41)18(35)24(48-15)33-13-32-17-21(27)30-12-31-22(17)33/h5,12-13,15,18-20,24,35-36H,6-11H2,1-4H3,(H,28,34)(H,29,37)(H,42,43)(H,44,45)(H2,27,30,31)(H2,39,40,41)/b14-5-/t15-,18+,19?,20+,24-/m1/s1. The Morgan fingerprint density at radius 1 is 1.09 bits per heavy atom. The number of nitrogens with two attached hydrogens (primary N) is 1. The summed E-state index contributed by atoms with van der Waals surface area (Å²) in [4.78, 5) is 87.2. The lowest BCUT2D eigenvalue weighted by atomic mass is 9.87. The molecule has 0 spiro atoms. The summed E-state index contributed by atoms with van der Waals surface area (Å²) in [6.45, 7) is 3.88. The van der Waals surface area contributed by atoms with Gasteiger partial charge in [0.15, 0.2) is 17.7 Å². The Hall–Kier alpha value is -2.70. The number of rotatable bonds is 20. The Bertz CT molecular complexity index is 1840. The van der Waals surface area contributed by atoms with Crippen LogP contribution in [-0.4, -0.2) is 123 Å². The molecule has 1 aliphatic heterocycles. The molecule has 3 heterocycles. The van der Waals surface area contributed by atoms with Gasteiger partial charge in [-0.15, -0.1) is 0 Å². The second kappa shape index (κ2) is 19.0. The van der Waals surface area contributed by atoms with Crippen LogP contribution in [-0.2, 0) is 50.7 Å². The first-order valence-electron chi connectivity index (χ1n) is 15.7. The summed E-state index contributed by atoms with van der Waals surface area (Å²) in [6.07, 6.45) is -5.24. The van der Waals surface area contributed by atoms with Crippen molar-refractivity contribution in [2.45, 2.75) is 64.8 Å². The Morgan fingerprint density at radius 2 is 1.76 bits per heavy atom. The number of phosphoric acid groups is 3. The molecule has 28 heteroatoms. The van der Waals surface area contributed by atoms with Gasteiger partial charge >= 0.3 is 23.5 Å². The first-order valence-corrected chi connectivity index (χ1v) is 21.2. The van der Waals surface area contributed by atoms with Crippen LogP contribution in [0.1, 0.15) is 40.3 Å². The zero-order valence-corrected chi connectivity index (χ0v) is 32.7. The van der Waals surface area contributed by atoms with Crippen molar-refractivity contribution in [3.05, 3.63) is 24.3 Å². The highest BCUT2D eigenvalue weighted by atomic mass is 32.2. The second-order valence-corrected chi connectivity index (χ2v) is 17.5. The number of thioether (sulfide) groups is 1. The molecule has 0 radical (unpaired) electrons. The molecule has 1 aliphatic rings. The van der Waals surface area contributed by atoms with E-state index in [1.807, 2.05) is 0 Å². The number of aliphatic hydroxyl groups excluding tert-OH is 2. The summed E-state index contributed by atoms with van der Waals surface area (Å²) in [7, 11) is -16.4. The number of anilines is 1. The van der Waals surface area contributed by atoms with Crippen molar-refractivity contribution in [1.82, 2.24) is 30.2 Å². The number of phosphoric ester groups is 3. The Morgan fingerprint density at radius 3 is 2.41 bits per heavy atom. The maximum Gasteiger partial charge on any atom is 0.481 e. The number of imidazole rings is 1. The van der Waals surface area contributed by atoms with Gasteiger partial charge in [-0.05, 0) is 19.4 Å². The molecule has 0 aromatic carbocycles. The van der Waals surface area contributed by atoms with Gasteiger partial charge in [-0.1, -0.05) is 31.7 Å². The van der Waals surface area contributed by atoms with E-state index in [1.54, 1.807) is 19.9 Å². The minimum absolute atomic E-state index is 0.0301. The van der Waals surface area contributed by atoms with E-state index in [-0.39, 0.29) is 41.6 Å². The van der Waals surface area contributed by atoms with E-state index in [0.29, 0.717) is 11.3 Å². The lowest BCUT2D eigenvalue weighted by Crippen LogP contribution is -2.46. The lowest BCUT2D eigenvalue weighted by molar-refractivity contribution is -0.137. The minimum Gasteiger partial charge on any atom is -0.386 e. The van der Waals surface area contributed by atoms with Crippen molar-refractivity contribution in [3.8, 4) is 0 Å². The normalized spacial score (nSPS) is 22.4. The van der Waals surface area contributed by atoms with Gasteiger partial charge in [-0.2, -0.15) is 4.31 Å². The average molecular weight is 850 g/mol. The molecule has 10 N–H and O–H groups in total. The van der Waals surface area contributed by atoms with E-state index in [0.717, 1.165) is 29.0 Å². The van der Waals surface area contributed by atoms with Crippen molar-refractivity contribution in [1.29, 1.82) is 0 Å². The van der Waals surface area contributed by atoms with E-state index in [4.69, 9.17) is 19.5 Å². The number of nitrogen functional groups attached to an aromatic ring is 1. The molecule has 2 aromatic heterocycles. The number of aliphatic hydroxyl groups is 2. The number of carbonyl (C=O) groups is 3. The summed E-state index contributed by atoms with van der Waals surface area (Å²) >= 11 is 1.03. The molecule has 24 nitrogen and oxygen atoms in total. The van der Waals surface area contributed by atoms with Gasteiger partial charge in [-0.25, -0.2) is 28.6 Å². The summed E-state index contributed by atoms with van der Waals surface area (Å²) in [5.74, 6) is -1.13. The molecule has 0 bridgehead atoms. The quantitative estimate of drug-likeness (QED) is 0.0466. The fraction of sp³-hybridized carbons (Fsp3) is 0.615. The fourth-order valence-corrected chi connectivity index (χ4v) is 8.07. The molecule has 1 saturated heterocycles. The van der Waals surface area contributed by atoms with Crippen molar-refractivity contribution < 1.29 is 80.5 Å². The molecule has 1 fully saturated rings. The number of nitrogens with one attached hydrogen (secondary N) is 2. The Labute approximate surface area is 311 Å². The van der Waals surface area contributed by atoms with Crippen LogP contribution in [0, 0.1) is 5.41 Å². The highest BCUT2D eigenvalue weighted by Gasteiger charge is 2.50. The molecule has 2 aromatic rings. The van der Waals surface area contributed by atoms with Gasteiger partial charge in [0.05, 0.1) is 19.5 Å². The van der Waals surface area contributed by atoms with E-state index in [9.17, 15) is 57.9 Å². The fourth-order valence-electron chi connectivity index (χ4n) is 4.51. The van der Waals surface area contributed by atoms with Gasteiger partial charge < -0.3 is 50.9 Å². The van der Waals surface area contributed by atoms with Crippen molar-refractivity contribution >= 4 is 69.1 Å². The van der Waals surface area contributed by atoms with E-state index in [1.165, 1.54) is 13.8 Å². The van der Waals surface area contributed by atoms with Crippen molar-refractivity contribution in [2.75, 3.05) is 37.8 Å². The number of fused-ring (bicyclic) bond motifs is 1. The first-order chi connectivity index (χ1) is 25.0. The lowest BCUT2D eigenvalue weighted by Gasteiger charge is -2.30. The number of amides is 2. The van der Waals surface area contributed by atoms with E-state index in [2.05, 4.69) is 34.4 Å². The molecular formula is C26H42N7O17P3S. The third kappa shape index (κ3) is 13.2. The predicted molar refractivity (Wildman–Crippen MR) is 187 cm³/mol. The van der Waals surface area contributed by atoms with Gasteiger partial charge in [-0.3, -0.25) is 32.5 Å². The summed E-state index contributed by atoms with van der Waals surface area (Å²) < 4.78 is 62.0. The van der Waals surface area contributed by atoms with E-state index >= 15 is 0 Å². The molecule has 2 amide bonds. The molecule has 3 unspecified atom stereocenters. The van der Waals surface area contributed by atoms with Crippen LogP contribution in [0.25, 0.3) is 11.2 Å². The molecular weight excluding hydrogens is 807 g/mol. The van der Waals surface area contributed by atoms with Crippen LogP contribution in [0.5, 0.6) is 0 Å². The van der Waals surface area contributed by atoms with Crippen LogP contribution in [0.2, 0.25) is 0 Å². The van der Waals surface area contributed by atoms with Crippen molar-refractivity contribution in [3.63, 3.8) is 0 Å². The third-order valence-corrected chi connectivity index (χ3v) is 11.6. The van der Waals surface area contributed by atoms with E-state index < -0.39 is 84.6 Å². The second-order valence-electron chi connectivity index (χ2n) is 12.2. The largest absolute Gasteiger partial charge is 0.481 e.